The number of rotatable bonds is 3. The Labute approximate surface area is 127 Å². The summed E-state index contributed by atoms with van der Waals surface area (Å²) in [5.74, 6) is 0.917. The molecule has 2 aliphatic rings. The molecule has 108 valence electrons. The summed E-state index contributed by atoms with van der Waals surface area (Å²) in [4.78, 5) is 4.40. The van der Waals surface area contributed by atoms with E-state index in [0.29, 0.717) is 6.04 Å². The number of thiophene rings is 1. The summed E-state index contributed by atoms with van der Waals surface area (Å²) < 4.78 is 0. The van der Waals surface area contributed by atoms with E-state index in [1.807, 2.05) is 11.3 Å². The van der Waals surface area contributed by atoms with Crippen LogP contribution in [0.3, 0.4) is 0 Å². The molecule has 19 heavy (non-hydrogen) atoms. The average Bonchev–Trinajstić information content (AvgIpc) is 2.88. The van der Waals surface area contributed by atoms with Crippen LogP contribution in [0.15, 0.2) is 11.4 Å². The lowest BCUT2D eigenvalue weighted by Crippen LogP contribution is -2.40. The fraction of sp³-hybridized carbons (Fsp3) is 0.733. The molecule has 3 rings (SSSR count). The van der Waals surface area contributed by atoms with E-state index >= 15 is 0 Å². The van der Waals surface area contributed by atoms with E-state index in [1.165, 1.54) is 51.9 Å². The molecule has 0 radical (unpaired) electrons. The number of nitrogens with one attached hydrogen (secondary N) is 1. The normalized spacial score (nSPS) is 24.8. The molecule has 0 saturated carbocycles. The predicted molar refractivity (Wildman–Crippen MR) is 85.5 cm³/mol. The van der Waals surface area contributed by atoms with Gasteiger partial charge in [-0.05, 0) is 61.7 Å². The molecule has 1 N–H and O–H groups in total. The average molecular weight is 301 g/mol. The summed E-state index contributed by atoms with van der Waals surface area (Å²) in [6, 6.07) is 3.05. The van der Waals surface area contributed by atoms with E-state index in [9.17, 15) is 0 Å². The number of nitrogens with zero attached hydrogens (tertiary/aromatic N) is 1. The van der Waals surface area contributed by atoms with Gasteiger partial charge in [0.1, 0.15) is 0 Å². The van der Waals surface area contributed by atoms with E-state index < -0.39 is 0 Å². The first-order valence-corrected chi connectivity index (χ1v) is 8.27. The van der Waals surface area contributed by atoms with Gasteiger partial charge >= 0.3 is 0 Å². The standard InChI is InChI=1S/C15H24N2S.ClH/c1-2-14-13-6-10-18-15(13)5-9-17(14)11-12-3-7-16-8-4-12;/h6,10,12,14,16H,2-5,7-9,11H2,1H3;1H. The molecule has 3 heterocycles. The van der Waals surface area contributed by atoms with E-state index in [2.05, 4.69) is 28.6 Å². The number of fused-ring (bicyclic) bond motifs is 1. The molecule has 2 nitrogen and oxygen atoms in total. The fourth-order valence-electron chi connectivity index (χ4n) is 3.54. The SMILES string of the molecule is CCC1c2ccsc2CCN1CC1CCNCC1.Cl. The summed E-state index contributed by atoms with van der Waals surface area (Å²) in [5.41, 5.74) is 1.63. The van der Waals surface area contributed by atoms with Crippen molar-refractivity contribution < 1.29 is 0 Å². The maximum atomic E-state index is 3.47. The Morgan fingerprint density at radius 1 is 1.37 bits per heavy atom. The molecule has 2 aliphatic heterocycles. The highest BCUT2D eigenvalue weighted by Crippen LogP contribution is 2.36. The van der Waals surface area contributed by atoms with Crippen LogP contribution >= 0.6 is 23.7 Å². The molecular formula is C15H25ClN2S. The van der Waals surface area contributed by atoms with Crippen molar-refractivity contribution in [3.05, 3.63) is 21.9 Å². The van der Waals surface area contributed by atoms with Crippen LogP contribution in [0, 0.1) is 5.92 Å². The van der Waals surface area contributed by atoms with Crippen LogP contribution in [-0.4, -0.2) is 31.1 Å². The molecular weight excluding hydrogens is 276 g/mol. The monoisotopic (exact) mass is 300 g/mol. The highest BCUT2D eigenvalue weighted by Gasteiger charge is 2.28. The van der Waals surface area contributed by atoms with Gasteiger partial charge in [-0.25, -0.2) is 0 Å². The Balaban J connectivity index is 0.00000133. The second kappa shape index (κ2) is 7.07. The van der Waals surface area contributed by atoms with Crippen LogP contribution in [0.2, 0.25) is 0 Å². The van der Waals surface area contributed by atoms with Gasteiger partial charge in [0.15, 0.2) is 0 Å². The molecule has 0 aromatic carbocycles. The summed E-state index contributed by atoms with van der Waals surface area (Å²) in [6.45, 7) is 7.37. The van der Waals surface area contributed by atoms with Crippen molar-refractivity contribution >= 4 is 23.7 Å². The summed E-state index contributed by atoms with van der Waals surface area (Å²) >= 11 is 1.96. The molecule has 0 aliphatic carbocycles. The minimum atomic E-state index is 0. The van der Waals surface area contributed by atoms with E-state index in [1.54, 1.807) is 10.4 Å². The Morgan fingerprint density at radius 3 is 2.89 bits per heavy atom. The van der Waals surface area contributed by atoms with Crippen molar-refractivity contribution in [2.24, 2.45) is 5.92 Å². The zero-order chi connectivity index (χ0) is 12.4. The number of hydrogen-bond donors (Lipinski definition) is 1. The third kappa shape index (κ3) is 3.33. The molecule has 1 aromatic heterocycles. The van der Waals surface area contributed by atoms with Gasteiger partial charge in [-0.1, -0.05) is 6.92 Å². The molecule has 1 aromatic rings. The van der Waals surface area contributed by atoms with E-state index in [0.717, 1.165) is 5.92 Å². The topological polar surface area (TPSA) is 15.3 Å². The fourth-order valence-corrected chi connectivity index (χ4v) is 4.47. The first-order valence-electron chi connectivity index (χ1n) is 7.39. The van der Waals surface area contributed by atoms with Crippen LogP contribution in [0.25, 0.3) is 0 Å². The summed E-state index contributed by atoms with van der Waals surface area (Å²) in [7, 11) is 0. The van der Waals surface area contributed by atoms with Gasteiger partial charge in [-0.3, -0.25) is 4.90 Å². The van der Waals surface area contributed by atoms with Gasteiger partial charge in [0.25, 0.3) is 0 Å². The molecule has 0 amide bonds. The second-order valence-corrected chi connectivity index (χ2v) is 6.66. The number of piperidine rings is 1. The van der Waals surface area contributed by atoms with Crippen molar-refractivity contribution in [1.82, 2.24) is 10.2 Å². The van der Waals surface area contributed by atoms with Crippen LogP contribution in [0.4, 0.5) is 0 Å². The first kappa shape index (κ1) is 15.3. The Hall–Kier alpha value is -0.0900. The Bertz CT molecular complexity index is 387. The van der Waals surface area contributed by atoms with Crippen molar-refractivity contribution in [2.75, 3.05) is 26.2 Å². The van der Waals surface area contributed by atoms with Gasteiger partial charge in [-0.15, -0.1) is 23.7 Å². The molecule has 1 atom stereocenters. The van der Waals surface area contributed by atoms with Crippen molar-refractivity contribution in [1.29, 1.82) is 0 Å². The van der Waals surface area contributed by atoms with Crippen LogP contribution in [0.5, 0.6) is 0 Å². The number of halogens is 1. The smallest absolute Gasteiger partial charge is 0.0356 e. The zero-order valence-corrected chi connectivity index (χ0v) is 13.4. The lowest BCUT2D eigenvalue weighted by molar-refractivity contribution is 0.140. The minimum Gasteiger partial charge on any atom is -0.317 e. The lowest BCUT2D eigenvalue weighted by Gasteiger charge is -2.38. The second-order valence-electron chi connectivity index (χ2n) is 5.66. The zero-order valence-electron chi connectivity index (χ0n) is 11.7. The molecule has 1 saturated heterocycles. The molecule has 1 fully saturated rings. The van der Waals surface area contributed by atoms with Gasteiger partial charge in [0, 0.05) is 24.0 Å². The highest BCUT2D eigenvalue weighted by molar-refractivity contribution is 7.10. The summed E-state index contributed by atoms with van der Waals surface area (Å²) in [6.07, 6.45) is 5.26. The van der Waals surface area contributed by atoms with Crippen LogP contribution < -0.4 is 5.32 Å². The Kier molecular flexibility index (Phi) is 5.70. The quantitative estimate of drug-likeness (QED) is 0.919. The molecule has 4 heteroatoms. The highest BCUT2D eigenvalue weighted by atomic mass is 35.5. The van der Waals surface area contributed by atoms with Crippen molar-refractivity contribution in [2.45, 2.75) is 38.6 Å². The molecule has 1 unspecified atom stereocenters. The van der Waals surface area contributed by atoms with Crippen molar-refractivity contribution in [3.63, 3.8) is 0 Å². The first-order chi connectivity index (χ1) is 8.88. The van der Waals surface area contributed by atoms with Gasteiger partial charge < -0.3 is 5.32 Å². The Morgan fingerprint density at radius 2 is 2.16 bits per heavy atom. The van der Waals surface area contributed by atoms with Gasteiger partial charge in [-0.2, -0.15) is 0 Å². The van der Waals surface area contributed by atoms with E-state index in [-0.39, 0.29) is 12.4 Å². The third-order valence-corrected chi connectivity index (χ3v) is 5.54. The molecule has 0 bridgehead atoms. The third-order valence-electron chi connectivity index (χ3n) is 4.54. The minimum absolute atomic E-state index is 0. The lowest BCUT2D eigenvalue weighted by atomic mass is 9.93. The van der Waals surface area contributed by atoms with Crippen LogP contribution in [0.1, 0.15) is 42.7 Å². The van der Waals surface area contributed by atoms with Gasteiger partial charge in [0.2, 0.25) is 0 Å². The van der Waals surface area contributed by atoms with Gasteiger partial charge in [0.05, 0.1) is 0 Å². The largest absolute Gasteiger partial charge is 0.317 e. The maximum absolute atomic E-state index is 3.47. The predicted octanol–water partition coefficient (Wildman–Crippen LogP) is 3.48. The summed E-state index contributed by atoms with van der Waals surface area (Å²) in [5, 5.41) is 5.75. The maximum Gasteiger partial charge on any atom is 0.0356 e. The van der Waals surface area contributed by atoms with Crippen molar-refractivity contribution in [3.8, 4) is 0 Å². The van der Waals surface area contributed by atoms with Crippen LogP contribution in [-0.2, 0) is 6.42 Å². The number of hydrogen-bond acceptors (Lipinski definition) is 3. The molecule has 0 spiro atoms. The van der Waals surface area contributed by atoms with E-state index in [4.69, 9.17) is 0 Å².